The van der Waals surface area contributed by atoms with Gasteiger partial charge in [-0.25, -0.2) is 8.42 Å². The zero-order valence-corrected chi connectivity index (χ0v) is 14.6. The number of Topliss-reactive ketones (excluding diaryl/α,β-unsaturated/α-hetero) is 1. The number of nitrogens with one attached hydrogen (secondary N) is 1. The average Bonchev–Trinajstić information content (AvgIpc) is 2.95. The van der Waals surface area contributed by atoms with Gasteiger partial charge in [0.25, 0.3) is 10.0 Å². The minimum atomic E-state index is -3.75. The molecular weight excluding hydrogens is 340 g/mol. The fourth-order valence-electron chi connectivity index (χ4n) is 3.21. The first kappa shape index (κ1) is 16.0. The molecule has 0 aromatic heterocycles. The highest BCUT2D eigenvalue weighted by molar-refractivity contribution is 7.92. The molecule has 0 bridgehead atoms. The van der Waals surface area contributed by atoms with E-state index in [1.807, 2.05) is 18.0 Å². The molecule has 130 valence electrons. The number of likely N-dealkylation sites (N-methyl/N-ethyl adjacent to an activating group) is 1. The summed E-state index contributed by atoms with van der Waals surface area (Å²) in [5.74, 6) is 0.736. The van der Waals surface area contributed by atoms with Gasteiger partial charge in [-0.05, 0) is 42.3 Å². The molecule has 1 aliphatic heterocycles. The van der Waals surface area contributed by atoms with Gasteiger partial charge in [0.15, 0.2) is 5.78 Å². The molecule has 25 heavy (non-hydrogen) atoms. The lowest BCUT2D eigenvalue weighted by Crippen LogP contribution is -2.29. The highest BCUT2D eigenvalue weighted by Gasteiger charge is 2.23. The number of hydrogen-bond acceptors (Lipinski definition) is 5. The number of carbonyl (C=O) groups is 1. The van der Waals surface area contributed by atoms with Crippen molar-refractivity contribution in [2.75, 3.05) is 29.8 Å². The number of aryl methyl sites for hydroxylation is 1. The van der Waals surface area contributed by atoms with Gasteiger partial charge >= 0.3 is 0 Å². The van der Waals surface area contributed by atoms with Gasteiger partial charge in [-0.15, -0.1) is 0 Å². The summed E-state index contributed by atoms with van der Waals surface area (Å²) in [7, 11) is -1.85. The van der Waals surface area contributed by atoms with Crippen molar-refractivity contribution in [2.45, 2.75) is 17.7 Å². The lowest BCUT2D eigenvalue weighted by Gasteiger charge is -2.28. The summed E-state index contributed by atoms with van der Waals surface area (Å²) in [5.41, 5.74) is 2.73. The molecule has 2 aromatic carbocycles. The molecule has 1 aliphatic carbocycles. The Morgan fingerprint density at radius 3 is 2.80 bits per heavy atom. The number of benzene rings is 2. The van der Waals surface area contributed by atoms with E-state index in [1.165, 1.54) is 6.07 Å². The minimum Gasteiger partial charge on any atom is -0.490 e. The Balaban J connectivity index is 1.66. The second-order valence-corrected chi connectivity index (χ2v) is 7.98. The Labute approximate surface area is 146 Å². The van der Waals surface area contributed by atoms with Gasteiger partial charge < -0.3 is 9.64 Å². The van der Waals surface area contributed by atoms with Crippen LogP contribution in [0, 0.1) is 0 Å². The molecule has 0 saturated heterocycles. The van der Waals surface area contributed by atoms with Crippen LogP contribution in [0.3, 0.4) is 0 Å². The third kappa shape index (κ3) is 2.84. The van der Waals surface area contributed by atoms with E-state index in [9.17, 15) is 13.2 Å². The molecule has 0 atom stereocenters. The number of anilines is 2. The van der Waals surface area contributed by atoms with Crippen molar-refractivity contribution in [3.63, 3.8) is 0 Å². The third-order valence-corrected chi connectivity index (χ3v) is 6.00. The van der Waals surface area contributed by atoms with Gasteiger partial charge in [-0.2, -0.15) is 0 Å². The summed E-state index contributed by atoms with van der Waals surface area (Å²) in [6, 6.07) is 9.94. The first-order chi connectivity index (χ1) is 11.9. The van der Waals surface area contributed by atoms with E-state index in [1.54, 1.807) is 24.3 Å². The van der Waals surface area contributed by atoms with Gasteiger partial charge in [-0.1, -0.05) is 6.07 Å². The lowest BCUT2D eigenvalue weighted by atomic mass is 10.1. The van der Waals surface area contributed by atoms with E-state index in [4.69, 9.17) is 4.74 Å². The average molecular weight is 358 g/mol. The van der Waals surface area contributed by atoms with E-state index in [2.05, 4.69) is 4.72 Å². The van der Waals surface area contributed by atoms with Gasteiger partial charge in [-0.3, -0.25) is 9.52 Å². The molecule has 4 rings (SSSR count). The number of fused-ring (bicyclic) bond motifs is 2. The molecular formula is C18H18N2O4S. The van der Waals surface area contributed by atoms with Crippen LogP contribution >= 0.6 is 0 Å². The van der Waals surface area contributed by atoms with Gasteiger partial charge in [0.1, 0.15) is 12.4 Å². The van der Waals surface area contributed by atoms with E-state index in [0.717, 1.165) is 17.7 Å². The van der Waals surface area contributed by atoms with Gasteiger partial charge in [0.05, 0.1) is 17.1 Å². The number of ether oxygens (including phenoxy) is 1. The van der Waals surface area contributed by atoms with E-state index >= 15 is 0 Å². The normalized spacial score (nSPS) is 16.2. The summed E-state index contributed by atoms with van der Waals surface area (Å²) in [6.07, 6.45) is 1.21. The largest absolute Gasteiger partial charge is 0.490 e. The molecule has 0 saturated carbocycles. The zero-order chi connectivity index (χ0) is 17.6. The third-order valence-electron chi connectivity index (χ3n) is 4.62. The van der Waals surface area contributed by atoms with E-state index < -0.39 is 10.0 Å². The molecule has 0 fully saturated rings. The van der Waals surface area contributed by atoms with Crippen LogP contribution in [0.15, 0.2) is 41.3 Å². The fourth-order valence-corrected chi connectivity index (χ4v) is 4.28. The number of ketones is 1. The summed E-state index contributed by atoms with van der Waals surface area (Å²) < 4.78 is 33.6. The van der Waals surface area contributed by atoms with Crippen molar-refractivity contribution in [3.05, 3.63) is 47.5 Å². The van der Waals surface area contributed by atoms with Crippen molar-refractivity contribution in [2.24, 2.45) is 0 Å². The Kier molecular flexibility index (Phi) is 3.68. The van der Waals surface area contributed by atoms with Crippen molar-refractivity contribution in [1.29, 1.82) is 0 Å². The maximum atomic E-state index is 12.7. The second kappa shape index (κ2) is 5.77. The molecule has 0 spiro atoms. The summed E-state index contributed by atoms with van der Waals surface area (Å²) in [6.45, 7) is 1.29. The number of hydrogen-bond donors (Lipinski definition) is 1. The molecule has 0 unspecified atom stereocenters. The van der Waals surface area contributed by atoms with Crippen LogP contribution in [0.25, 0.3) is 0 Å². The van der Waals surface area contributed by atoms with Crippen molar-refractivity contribution in [1.82, 2.24) is 0 Å². The maximum absolute atomic E-state index is 12.7. The molecule has 6 nitrogen and oxygen atoms in total. The van der Waals surface area contributed by atoms with Crippen LogP contribution in [0.2, 0.25) is 0 Å². The van der Waals surface area contributed by atoms with Crippen molar-refractivity contribution < 1.29 is 17.9 Å². The van der Waals surface area contributed by atoms with Crippen LogP contribution in [0.1, 0.15) is 22.3 Å². The summed E-state index contributed by atoms with van der Waals surface area (Å²) in [4.78, 5) is 14.0. The molecule has 0 amide bonds. The molecule has 2 aromatic rings. The van der Waals surface area contributed by atoms with Gasteiger partial charge in [0, 0.05) is 24.7 Å². The predicted molar refractivity (Wildman–Crippen MR) is 95.1 cm³/mol. The van der Waals surface area contributed by atoms with Crippen LogP contribution < -0.4 is 14.4 Å². The maximum Gasteiger partial charge on any atom is 0.261 e. The quantitative estimate of drug-likeness (QED) is 0.912. The van der Waals surface area contributed by atoms with Crippen LogP contribution in [0.5, 0.6) is 5.75 Å². The summed E-state index contributed by atoms with van der Waals surface area (Å²) in [5, 5.41) is 0. The highest BCUT2D eigenvalue weighted by Crippen LogP contribution is 2.33. The zero-order valence-electron chi connectivity index (χ0n) is 13.8. The molecule has 2 aliphatic rings. The number of rotatable bonds is 3. The first-order valence-electron chi connectivity index (χ1n) is 8.11. The number of carbonyl (C=O) groups excluding carboxylic acids is 1. The van der Waals surface area contributed by atoms with Crippen LogP contribution in [-0.2, 0) is 16.4 Å². The highest BCUT2D eigenvalue weighted by atomic mass is 32.2. The van der Waals surface area contributed by atoms with E-state index in [0.29, 0.717) is 36.6 Å². The predicted octanol–water partition coefficient (Wildman–Crippen LogP) is 2.44. The molecule has 7 heteroatoms. The van der Waals surface area contributed by atoms with Crippen molar-refractivity contribution >= 4 is 27.2 Å². The standard InChI is InChI=1S/C18H18N2O4S/c1-20-8-9-24-18-7-5-14(11-16(18)20)25(22,23)19-13-4-2-12-3-6-17(21)15(12)10-13/h2,4-5,7,10-11,19H,3,6,8-9H2,1H3. The van der Waals surface area contributed by atoms with Crippen LogP contribution in [-0.4, -0.2) is 34.4 Å². The Bertz CT molecular complexity index is 969. The number of nitrogens with zero attached hydrogens (tertiary/aromatic N) is 1. The molecule has 0 radical (unpaired) electrons. The first-order valence-corrected chi connectivity index (χ1v) is 9.59. The van der Waals surface area contributed by atoms with E-state index in [-0.39, 0.29) is 10.7 Å². The Morgan fingerprint density at radius 1 is 1.12 bits per heavy atom. The molecule has 1 heterocycles. The SMILES string of the molecule is CN1CCOc2ccc(S(=O)(=O)Nc3ccc4c(c3)C(=O)CC4)cc21. The fraction of sp³-hybridized carbons (Fsp3) is 0.278. The lowest BCUT2D eigenvalue weighted by molar-refractivity contribution is 0.0994. The Hall–Kier alpha value is -2.54. The second-order valence-electron chi connectivity index (χ2n) is 6.30. The smallest absolute Gasteiger partial charge is 0.261 e. The minimum absolute atomic E-state index is 0.0589. The number of sulfonamides is 1. The Morgan fingerprint density at radius 2 is 1.96 bits per heavy atom. The van der Waals surface area contributed by atoms with Crippen molar-refractivity contribution in [3.8, 4) is 5.75 Å². The monoisotopic (exact) mass is 358 g/mol. The summed E-state index contributed by atoms with van der Waals surface area (Å²) >= 11 is 0. The van der Waals surface area contributed by atoms with Gasteiger partial charge in [0.2, 0.25) is 0 Å². The topological polar surface area (TPSA) is 75.7 Å². The van der Waals surface area contributed by atoms with Crippen LogP contribution in [0.4, 0.5) is 11.4 Å². The molecule has 1 N–H and O–H groups in total.